The third-order valence-electron chi connectivity index (χ3n) is 1.49. The first-order valence-corrected chi connectivity index (χ1v) is 4.40. The molecule has 1 rings (SSSR count). The summed E-state index contributed by atoms with van der Waals surface area (Å²) in [4.78, 5) is 7.66. The van der Waals surface area contributed by atoms with Gasteiger partial charge in [0.15, 0.2) is 0 Å². The predicted molar refractivity (Wildman–Crippen MR) is 63.7 cm³/mol. The van der Waals surface area contributed by atoms with Gasteiger partial charge in [0.05, 0.1) is 15.9 Å². The minimum Gasteiger partial charge on any atom is -0.192 e. The van der Waals surface area contributed by atoms with Crippen LogP contribution in [0.5, 0.6) is 0 Å². The first kappa shape index (κ1) is 10.5. The van der Waals surface area contributed by atoms with E-state index >= 15 is 0 Å². The molecule has 0 aliphatic heterocycles. The molecule has 0 aliphatic carbocycles. The number of isothiocyanates is 2. The number of para-hydroxylation sites is 1. The van der Waals surface area contributed by atoms with Crippen LogP contribution in [-0.2, 0) is 0 Å². The van der Waals surface area contributed by atoms with Crippen molar-refractivity contribution in [1.29, 1.82) is 0 Å². The van der Waals surface area contributed by atoms with Crippen molar-refractivity contribution in [3.8, 4) is 12.3 Å². The van der Waals surface area contributed by atoms with Gasteiger partial charge < -0.3 is 0 Å². The Labute approximate surface area is 92.4 Å². The van der Waals surface area contributed by atoms with E-state index in [1.165, 1.54) is 0 Å². The molecule has 14 heavy (non-hydrogen) atoms. The van der Waals surface area contributed by atoms with Crippen LogP contribution in [-0.4, -0.2) is 10.3 Å². The van der Waals surface area contributed by atoms with Gasteiger partial charge in [0.2, 0.25) is 0 Å². The van der Waals surface area contributed by atoms with E-state index in [4.69, 9.17) is 6.42 Å². The topological polar surface area (TPSA) is 24.7 Å². The molecule has 0 aliphatic rings. The fraction of sp³-hybridized carbons (Fsp3) is 0. The van der Waals surface area contributed by atoms with Gasteiger partial charge in [0.1, 0.15) is 11.4 Å². The molecular formula is C10H4N2S2. The zero-order valence-corrected chi connectivity index (χ0v) is 8.65. The number of rotatable bonds is 2. The van der Waals surface area contributed by atoms with E-state index in [2.05, 4.69) is 50.7 Å². The highest BCUT2D eigenvalue weighted by atomic mass is 32.1. The smallest absolute Gasteiger partial charge is 0.116 e. The average Bonchev–Trinajstić information content (AvgIpc) is 2.21. The van der Waals surface area contributed by atoms with E-state index in [1.54, 1.807) is 18.2 Å². The molecule has 0 spiro atoms. The summed E-state index contributed by atoms with van der Waals surface area (Å²) in [5.41, 5.74) is 1.66. The number of nitrogens with zero attached hydrogens (tertiary/aromatic N) is 2. The standard InChI is InChI=1S/C10H4N2S2/c1-2-8-4-3-5-9(11-6-13)10(8)12-7-14/h1,3-5H. The summed E-state index contributed by atoms with van der Waals surface area (Å²) in [5, 5.41) is 4.50. The van der Waals surface area contributed by atoms with Crippen LogP contribution in [0.15, 0.2) is 28.2 Å². The van der Waals surface area contributed by atoms with Crippen molar-refractivity contribution < 1.29 is 0 Å². The van der Waals surface area contributed by atoms with Crippen molar-refractivity contribution in [2.75, 3.05) is 0 Å². The summed E-state index contributed by atoms with van der Waals surface area (Å²) in [6.07, 6.45) is 5.29. The third-order valence-corrected chi connectivity index (χ3v) is 1.68. The second-order valence-electron chi connectivity index (χ2n) is 2.22. The van der Waals surface area contributed by atoms with Gasteiger partial charge in [-0.1, -0.05) is 12.0 Å². The van der Waals surface area contributed by atoms with Crippen molar-refractivity contribution >= 4 is 46.1 Å². The average molecular weight is 216 g/mol. The molecule has 4 heteroatoms. The molecule has 66 valence electrons. The lowest BCUT2D eigenvalue weighted by molar-refractivity contribution is 1.45. The lowest BCUT2D eigenvalue weighted by Gasteiger charge is -1.99. The summed E-state index contributed by atoms with van der Waals surface area (Å²) >= 11 is 9.01. The second kappa shape index (κ2) is 5.18. The molecule has 0 heterocycles. The molecule has 0 aromatic heterocycles. The lowest BCUT2D eigenvalue weighted by atomic mass is 10.1. The third kappa shape index (κ3) is 2.20. The number of hydrogen-bond acceptors (Lipinski definition) is 4. The van der Waals surface area contributed by atoms with Crippen molar-refractivity contribution in [3.63, 3.8) is 0 Å². The van der Waals surface area contributed by atoms with Crippen molar-refractivity contribution in [2.45, 2.75) is 0 Å². The van der Waals surface area contributed by atoms with Crippen LogP contribution < -0.4 is 0 Å². The largest absolute Gasteiger partial charge is 0.192 e. The van der Waals surface area contributed by atoms with Crippen molar-refractivity contribution in [3.05, 3.63) is 23.8 Å². The Morgan fingerprint density at radius 2 is 1.86 bits per heavy atom. The molecule has 0 radical (unpaired) electrons. The molecular weight excluding hydrogens is 212 g/mol. The number of benzene rings is 1. The van der Waals surface area contributed by atoms with E-state index in [0.717, 1.165) is 0 Å². The monoisotopic (exact) mass is 216 g/mol. The highest BCUT2D eigenvalue weighted by Crippen LogP contribution is 2.30. The van der Waals surface area contributed by atoms with Crippen molar-refractivity contribution in [1.82, 2.24) is 0 Å². The number of terminal acetylenes is 1. The first-order valence-electron chi connectivity index (χ1n) is 3.59. The number of thiocarbonyl (C=S) groups is 2. The van der Waals surface area contributed by atoms with Crippen molar-refractivity contribution in [2.24, 2.45) is 9.98 Å². The Hall–Kier alpha value is -1.62. The van der Waals surface area contributed by atoms with Gasteiger partial charge in [0.25, 0.3) is 0 Å². The summed E-state index contributed by atoms with van der Waals surface area (Å²) in [6, 6.07) is 5.24. The van der Waals surface area contributed by atoms with E-state index in [1.807, 2.05) is 0 Å². The van der Waals surface area contributed by atoms with Crippen LogP contribution in [0.4, 0.5) is 11.4 Å². The zero-order chi connectivity index (χ0) is 10.4. The highest BCUT2D eigenvalue weighted by Gasteiger charge is 2.03. The molecule has 0 unspecified atom stereocenters. The fourth-order valence-electron chi connectivity index (χ4n) is 0.950. The molecule has 0 N–H and O–H groups in total. The maximum atomic E-state index is 5.29. The van der Waals surface area contributed by atoms with Gasteiger partial charge in [-0.15, -0.1) is 6.42 Å². The Bertz CT molecular complexity index is 487. The van der Waals surface area contributed by atoms with E-state index < -0.39 is 0 Å². The lowest BCUT2D eigenvalue weighted by Crippen LogP contribution is -1.76. The van der Waals surface area contributed by atoms with E-state index in [9.17, 15) is 0 Å². The summed E-state index contributed by atoms with van der Waals surface area (Å²) in [6.45, 7) is 0. The van der Waals surface area contributed by atoms with Crippen LogP contribution in [0, 0.1) is 12.3 Å². The molecule has 0 saturated heterocycles. The molecule has 0 fully saturated rings. The van der Waals surface area contributed by atoms with E-state index in [-0.39, 0.29) is 0 Å². The molecule has 0 atom stereocenters. The highest BCUT2D eigenvalue weighted by molar-refractivity contribution is 7.78. The minimum absolute atomic E-state index is 0.502. The summed E-state index contributed by atoms with van der Waals surface area (Å²) < 4.78 is 0. The van der Waals surface area contributed by atoms with Crippen LogP contribution >= 0.6 is 24.4 Å². The minimum atomic E-state index is 0.502. The molecule has 1 aromatic rings. The second-order valence-corrected chi connectivity index (χ2v) is 2.59. The van der Waals surface area contributed by atoms with E-state index in [0.29, 0.717) is 16.9 Å². The molecule has 0 saturated carbocycles. The summed E-state index contributed by atoms with van der Waals surface area (Å²) in [5.74, 6) is 2.48. The van der Waals surface area contributed by atoms with Crippen LogP contribution in [0.1, 0.15) is 5.56 Å². The molecule has 2 nitrogen and oxygen atoms in total. The normalized spacial score (nSPS) is 7.93. The van der Waals surface area contributed by atoms with Gasteiger partial charge in [-0.3, -0.25) is 0 Å². The maximum Gasteiger partial charge on any atom is 0.116 e. The van der Waals surface area contributed by atoms with Gasteiger partial charge >= 0.3 is 0 Å². The Kier molecular flexibility index (Phi) is 3.87. The first-order chi connectivity index (χ1) is 6.83. The van der Waals surface area contributed by atoms with Crippen LogP contribution in [0.3, 0.4) is 0 Å². The van der Waals surface area contributed by atoms with Gasteiger partial charge in [-0.2, -0.15) is 9.98 Å². The van der Waals surface area contributed by atoms with Gasteiger partial charge in [-0.05, 0) is 36.6 Å². The number of aliphatic imine (C=N–C) groups is 2. The summed E-state index contributed by atoms with van der Waals surface area (Å²) in [7, 11) is 0. The molecule has 0 bridgehead atoms. The number of hydrogen-bond donors (Lipinski definition) is 0. The Balaban J connectivity index is 3.51. The quantitative estimate of drug-likeness (QED) is 0.431. The molecule has 1 aromatic carbocycles. The van der Waals surface area contributed by atoms with Crippen LogP contribution in [0.25, 0.3) is 0 Å². The molecule has 0 amide bonds. The predicted octanol–water partition coefficient (Wildman–Crippen LogP) is 3.14. The maximum absolute atomic E-state index is 5.29. The SMILES string of the molecule is C#Cc1cccc(N=C=S)c1N=C=S. The Morgan fingerprint density at radius 3 is 2.43 bits per heavy atom. The van der Waals surface area contributed by atoms with Gasteiger partial charge in [0, 0.05) is 0 Å². The zero-order valence-electron chi connectivity index (χ0n) is 7.02. The Morgan fingerprint density at radius 1 is 1.14 bits per heavy atom. The van der Waals surface area contributed by atoms with Gasteiger partial charge in [-0.25, -0.2) is 0 Å². The van der Waals surface area contributed by atoms with Crippen LogP contribution in [0.2, 0.25) is 0 Å². The fourth-order valence-corrected chi connectivity index (χ4v) is 1.14.